The summed E-state index contributed by atoms with van der Waals surface area (Å²) in [5, 5.41) is 17.5. The highest BCUT2D eigenvalue weighted by Gasteiger charge is 2.07. The average molecular weight is 130 g/mol. The molecule has 0 radical (unpaired) electrons. The second-order valence-corrected chi connectivity index (χ2v) is 2.11. The van der Waals surface area contributed by atoms with Gasteiger partial charge in [0.1, 0.15) is 0 Å². The highest BCUT2D eigenvalue weighted by molar-refractivity contribution is 4.87. The van der Waals surface area contributed by atoms with Crippen molar-refractivity contribution < 1.29 is 10.2 Å². The lowest BCUT2D eigenvalue weighted by atomic mass is 10.1. The first-order valence-electron chi connectivity index (χ1n) is 3.14. The van der Waals surface area contributed by atoms with Gasteiger partial charge in [0, 0.05) is 5.92 Å². The van der Waals surface area contributed by atoms with E-state index in [1.54, 1.807) is 13.0 Å². The quantitative estimate of drug-likeness (QED) is 0.548. The molecule has 0 aromatic carbocycles. The van der Waals surface area contributed by atoms with Crippen molar-refractivity contribution >= 4 is 0 Å². The molecule has 0 aliphatic heterocycles. The van der Waals surface area contributed by atoms with Gasteiger partial charge in [-0.25, -0.2) is 0 Å². The van der Waals surface area contributed by atoms with E-state index in [2.05, 4.69) is 0 Å². The first kappa shape index (κ1) is 8.66. The first-order chi connectivity index (χ1) is 4.22. The predicted octanol–water partition coefficient (Wildman–Crippen LogP) is 0.552. The van der Waals surface area contributed by atoms with Crippen molar-refractivity contribution in [3.8, 4) is 0 Å². The zero-order valence-corrected chi connectivity index (χ0v) is 5.91. The highest BCUT2D eigenvalue weighted by atomic mass is 16.3. The van der Waals surface area contributed by atoms with Crippen molar-refractivity contribution in [3.63, 3.8) is 0 Å². The molecular weight excluding hydrogens is 116 g/mol. The minimum Gasteiger partial charge on any atom is -0.396 e. The van der Waals surface area contributed by atoms with E-state index in [0.29, 0.717) is 0 Å². The van der Waals surface area contributed by atoms with E-state index in [1.807, 2.05) is 13.0 Å². The average Bonchev–Trinajstić information content (AvgIpc) is 1.82. The Morgan fingerprint density at radius 1 is 1.56 bits per heavy atom. The number of aliphatic hydroxyl groups excluding tert-OH is 2. The molecule has 2 nitrogen and oxygen atoms in total. The summed E-state index contributed by atoms with van der Waals surface area (Å²) in [4.78, 5) is 0. The van der Waals surface area contributed by atoms with Crippen LogP contribution in [0.1, 0.15) is 13.8 Å². The maximum Gasteiger partial charge on any atom is 0.0596 e. The van der Waals surface area contributed by atoms with Gasteiger partial charge in [0.25, 0.3) is 0 Å². The molecule has 9 heavy (non-hydrogen) atoms. The molecule has 2 atom stereocenters. The van der Waals surface area contributed by atoms with Crippen LogP contribution in [0.4, 0.5) is 0 Å². The lowest BCUT2D eigenvalue weighted by Crippen LogP contribution is -2.17. The number of allylic oxidation sites excluding steroid dienone is 1. The van der Waals surface area contributed by atoms with Crippen molar-refractivity contribution in [2.24, 2.45) is 5.92 Å². The molecule has 0 spiro atoms. The summed E-state index contributed by atoms with van der Waals surface area (Å²) in [6, 6.07) is 0. The van der Waals surface area contributed by atoms with Gasteiger partial charge in [0.2, 0.25) is 0 Å². The lowest BCUT2D eigenvalue weighted by Gasteiger charge is -2.11. The van der Waals surface area contributed by atoms with Crippen LogP contribution in [-0.2, 0) is 0 Å². The standard InChI is InChI=1S/C7H14O2/c1-3-4-7(5-8)6(2)9/h3-4,6-9H,5H2,1-2H3. The van der Waals surface area contributed by atoms with Crippen molar-refractivity contribution in [3.05, 3.63) is 12.2 Å². The van der Waals surface area contributed by atoms with E-state index < -0.39 is 6.10 Å². The molecule has 0 saturated carbocycles. The number of rotatable bonds is 3. The Morgan fingerprint density at radius 3 is 2.22 bits per heavy atom. The van der Waals surface area contributed by atoms with Crippen LogP contribution in [0.15, 0.2) is 12.2 Å². The van der Waals surface area contributed by atoms with Crippen LogP contribution in [0, 0.1) is 5.92 Å². The summed E-state index contributed by atoms with van der Waals surface area (Å²) < 4.78 is 0. The molecule has 0 fully saturated rings. The Hall–Kier alpha value is -0.340. The Balaban J connectivity index is 3.68. The van der Waals surface area contributed by atoms with Crippen molar-refractivity contribution in [2.75, 3.05) is 6.61 Å². The van der Waals surface area contributed by atoms with Crippen molar-refractivity contribution in [1.29, 1.82) is 0 Å². The van der Waals surface area contributed by atoms with Gasteiger partial charge < -0.3 is 10.2 Å². The van der Waals surface area contributed by atoms with E-state index >= 15 is 0 Å². The number of aliphatic hydroxyl groups is 2. The van der Waals surface area contributed by atoms with Crippen LogP contribution in [0.25, 0.3) is 0 Å². The molecule has 54 valence electrons. The summed E-state index contributed by atoms with van der Waals surface area (Å²) in [6.45, 7) is 3.55. The SMILES string of the molecule is CC=CC(CO)C(C)O. The molecule has 0 bridgehead atoms. The van der Waals surface area contributed by atoms with Gasteiger partial charge in [-0.15, -0.1) is 0 Å². The smallest absolute Gasteiger partial charge is 0.0596 e. The number of hydrogen-bond acceptors (Lipinski definition) is 2. The lowest BCUT2D eigenvalue weighted by molar-refractivity contribution is 0.106. The zero-order valence-electron chi connectivity index (χ0n) is 5.91. The largest absolute Gasteiger partial charge is 0.396 e. The summed E-state index contributed by atoms with van der Waals surface area (Å²) >= 11 is 0. The molecule has 0 aromatic heterocycles. The van der Waals surface area contributed by atoms with Gasteiger partial charge in [-0.05, 0) is 13.8 Å². The highest BCUT2D eigenvalue weighted by Crippen LogP contribution is 2.03. The molecular formula is C7H14O2. The third-order valence-electron chi connectivity index (χ3n) is 1.27. The van der Waals surface area contributed by atoms with Gasteiger partial charge in [0.15, 0.2) is 0 Å². The Labute approximate surface area is 55.8 Å². The monoisotopic (exact) mass is 130 g/mol. The molecule has 0 aliphatic carbocycles. The Kier molecular flexibility index (Phi) is 4.36. The summed E-state index contributed by atoms with van der Waals surface area (Å²) in [5.41, 5.74) is 0. The summed E-state index contributed by atoms with van der Waals surface area (Å²) in [6.07, 6.45) is 3.17. The van der Waals surface area contributed by atoms with E-state index in [1.165, 1.54) is 0 Å². The zero-order chi connectivity index (χ0) is 7.28. The van der Waals surface area contributed by atoms with Gasteiger partial charge in [-0.3, -0.25) is 0 Å². The summed E-state index contributed by atoms with van der Waals surface area (Å²) in [7, 11) is 0. The van der Waals surface area contributed by atoms with Gasteiger partial charge in [-0.1, -0.05) is 12.2 Å². The van der Waals surface area contributed by atoms with Crippen LogP contribution in [0.2, 0.25) is 0 Å². The first-order valence-corrected chi connectivity index (χ1v) is 3.14. The normalized spacial score (nSPS) is 18.2. The fourth-order valence-electron chi connectivity index (χ4n) is 0.621. The predicted molar refractivity (Wildman–Crippen MR) is 37.1 cm³/mol. The molecule has 0 amide bonds. The van der Waals surface area contributed by atoms with E-state index in [0.717, 1.165) is 0 Å². The van der Waals surface area contributed by atoms with Gasteiger partial charge in [0.05, 0.1) is 12.7 Å². The van der Waals surface area contributed by atoms with E-state index in [9.17, 15) is 0 Å². The topological polar surface area (TPSA) is 40.5 Å². The third-order valence-corrected chi connectivity index (χ3v) is 1.27. The van der Waals surface area contributed by atoms with E-state index in [4.69, 9.17) is 10.2 Å². The third kappa shape index (κ3) is 3.27. The maximum atomic E-state index is 8.93. The van der Waals surface area contributed by atoms with Crippen LogP contribution >= 0.6 is 0 Å². The van der Waals surface area contributed by atoms with Crippen molar-refractivity contribution in [1.82, 2.24) is 0 Å². The Bertz CT molecular complexity index is 86.9. The van der Waals surface area contributed by atoms with E-state index in [-0.39, 0.29) is 12.5 Å². The molecule has 0 saturated heterocycles. The molecule has 0 aromatic rings. The molecule has 0 heterocycles. The molecule has 2 N–H and O–H groups in total. The van der Waals surface area contributed by atoms with Crippen LogP contribution in [0.3, 0.4) is 0 Å². The Morgan fingerprint density at radius 2 is 2.11 bits per heavy atom. The second kappa shape index (κ2) is 4.53. The maximum absolute atomic E-state index is 8.93. The van der Waals surface area contributed by atoms with Crippen LogP contribution in [0.5, 0.6) is 0 Å². The minimum atomic E-state index is -0.453. The fraction of sp³-hybridized carbons (Fsp3) is 0.714. The fourth-order valence-corrected chi connectivity index (χ4v) is 0.621. The van der Waals surface area contributed by atoms with Crippen LogP contribution in [-0.4, -0.2) is 22.9 Å². The second-order valence-electron chi connectivity index (χ2n) is 2.11. The molecule has 2 unspecified atom stereocenters. The van der Waals surface area contributed by atoms with Gasteiger partial charge >= 0.3 is 0 Å². The molecule has 0 aliphatic rings. The minimum absolute atomic E-state index is 0.0159. The van der Waals surface area contributed by atoms with Crippen molar-refractivity contribution in [2.45, 2.75) is 20.0 Å². The number of hydrogen-bond donors (Lipinski definition) is 2. The summed E-state index contributed by atoms with van der Waals surface area (Å²) in [5.74, 6) is -0.102. The molecule has 0 rings (SSSR count). The molecule has 2 heteroatoms. The van der Waals surface area contributed by atoms with Crippen LogP contribution < -0.4 is 0 Å². The van der Waals surface area contributed by atoms with Gasteiger partial charge in [-0.2, -0.15) is 0 Å².